The molecule has 2 aliphatic rings. The maximum absolute atomic E-state index is 12.9. The molecule has 4 rings (SSSR count). The van der Waals surface area contributed by atoms with E-state index in [-0.39, 0.29) is 15.7 Å². The van der Waals surface area contributed by atoms with Crippen molar-refractivity contribution in [2.45, 2.75) is 30.6 Å². The van der Waals surface area contributed by atoms with E-state index in [2.05, 4.69) is 5.32 Å². The molecule has 2 fully saturated rings. The normalized spacial score (nSPS) is 17.6. The van der Waals surface area contributed by atoms with Gasteiger partial charge in [-0.3, -0.25) is 9.59 Å². The van der Waals surface area contributed by atoms with Crippen LogP contribution in [0, 0.1) is 0 Å². The van der Waals surface area contributed by atoms with Crippen LogP contribution in [0.4, 0.5) is 5.69 Å². The SMILES string of the molecule is O=C(Nc1cccc(C(=O)N2CCCC2)c1)c1sccc1S(=O)(=O)N1CCCC1. The predicted molar refractivity (Wildman–Crippen MR) is 112 cm³/mol. The number of nitrogens with zero attached hydrogens (tertiary/aromatic N) is 2. The average Bonchev–Trinajstić information content (AvgIpc) is 3.50. The number of rotatable bonds is 5. The Morgan fingerprint density at radius 1 is 0.966 bits per heavy atom. The summed E-state index contributed by atoms with van der Waals surface area (Å²) in [4.78, 5) is 27.4. The molecule has 2 aliphatic heterocycles. The summed E-state index contributed by atoms with van der Waals surface area (Å²) < 4.78 is 27.2. The predicted octanol–water partition coefficient (Wildman–Crippen LogP) is 3.02. The average molecular weight is 434 g/mol. The Bertz CT molecular complexity index is 1020. The number of hydrogen-bond donors (Lipinski definition) is 1. The fourth-order valence-corrected chi connectivity index (χ4v) is 6.57. The van der Waals surface area contributed by atoms with Crippen LogP contribution in [-0.2, 0) is 10.0 Å². The van der Waals surface area contributed by atoms with Crippen LogP contribution in [0.5, 0.6) is 0 Å². The van der Waals surface area contributed by atoms with Gasteiger partial charge >= 0.3 is 0 Å². The van der Waals surface area contributed by atoms with Gasteiger partial charge in [-0.25, -0.2) is 8.42 Å². The van der Waals surface area contributed by atoms with Crippen LogP contribution >= 0.6 is 11.3 Å². The molecule has 3 heterocycles. The highest BCUT2D eigenvalue weighted by Gasteiger charge is 2.32. The van der Waals surface area contributed by atoms with E-state index in [4.69, 9.17) is 0 Å². The van der Waals surface area contributed by atoms with Gasteiger partial charge in [-0.05, 0) is 55.3 Å². The summed E-state index contributed by atoms with van der Waals surface area (Å²) in [5.74, 6) is -0.532. The fourth-order valence-electron chi connectivity index (χ4n) is 3.75. The van der Waals surface area contributed by atoms with Crippen molar-refractivity contribution in [3.63, 3.8) is 0 Å². The van der Waals surface area contributed by atoms with Crippen LogP contribution in [-0.4, -0.2) is 55.6 Å². The lowest BCUT2D eigenvalue weighted by Crippen LogP contribution is -2.29. The summed E-state index contributed by atoms with van der Waals surface area (Å²) >= 11 is 1.10. The number of nitrogens with one attached hydrogen (secondary N) is 1. The minimum Gasteiger partial charge on any atom is -0.339 e. The Morgan fingerprint density at radius 3 is 2.38 bits per heavy atom. The third-order valence-electron chi connectivity index (χ3n) is 5.28. The Hall–Kier alpha value is -2.23. The number of hydrogen-bond acceptors (Lipinski definition) is 5. The molecule has 0 radical (unpaired) electrons. The van der Waals surface area contributed by atoms with Crippen molar-refractivity contribution in [1.29, 1.82) is 0 Å². The van der Waals surface area contributed by atoms with Crippen molar-refractivity contribution < 1.29 is 18.0 Å². The first-order valence-electron chi connectivity index (χ1n) is 9.75. The van der Waals surface area contributed by atoms with Gasteiger partial charge < -0.3 is 10.2 Å². The molecule has 2 saturated heterocycles. The number of benzene rings is 1. The second-order valence-corrected chi connectivity index (χ2v) is 10.1. The first kappa shape index (κ1) is 20.1. The van der Waals surface area contributed by atoms with Gasteiger partial charge in [-0.1, -0.05) is 6.07 Å². The lowest BCUT2D eigenvalue weighted by atomic mass is 10.1. The van der Waals surface area contributed by atoms with E-state index < -0.39 is 15.9 Å². The minimum absolute atomic E-state index is 0.0474. The summed E-state index contributed by atoms with van der Waals surface area (Å²) in [5.41, 5.74) is 0.985. The molecule has 0 saturated carbocycles. The van der Waals surface area contributed by atoms with Gasteiger partial charge in [0.15, 0.2) is 0 Å². The van der Waals surface area contributed by atoms with Gasteiger partial charge in [0.2, 0.25) is 10.0 Å². The summed E-state index contributed by atoms with van der Waals surface area (Å²) in [6, 6.07) is 8.27. The third-order valence-corrected chi connectivity index (χ3v) is 8.26. The smallest absolute Gasteiger partial charge is 0.267 e. The van der Waals surface area contributed by atoms with Crippen LogP contribution in [0.15, 0.2) is 40.6 Å². The molecule has 154 valence electrons. The molecule has 1 aromatic heterocycles. The second kappa shape index (κ2) is 8.25. The number of thiophene rings is 1. The largest absolute Gasteiger partial charge is 0.339 e. The lowest BCUT2D eigenvalue weighted by molar-refractivity contribution is 0.0792. The van der Waals surface area contributed by atoms with Gasteiger partial charge in [0.1, 0.15) is 9.77 Å². The Kier molecular flexibility index (Phi) is 5.71. The molecule has 1 N–H and O–H groups in total. The molecule has 2 amide bonds. The summed E-state index contributed by atoms with van der Waals surface area (Å²) in [6.07, 6.45) is 3.69. The van der Waals surface area contributed by atoms with E-state index in [0.717, 1.165) is 50.1 Å². The van der Waals surface area contributed by atoms with Gasteiger partial charge in [0.05, 0.1) is 0 Å². The molecule has 0 aliphatic carbocycles. The van der Waals surface area contributed by atoms with Crippen molar-refractivity contribution >= 4 is 38.9 Å². The molecule has 0 unspecified atom stereocenters. The van der Waals surface area contributed by atoms with E-state index in [9.17, 15) is 18.0 Å². The maximum atomic E-state index is 12.9. The van der Waals surface area contributed by atoms with Crippen molar-refractivity contribution in [2.75, 3.05) is 31.5 Å². The van der Waals surface area contributed by atoms with Crippen molar-refractivity contribution in [3.8, 4) is 0 Å². The third kappa shape index (κ3) is 4.08. The summed E-state index contributed by atoms with van der Waals surface area (Å²) in [6.45, 7) is 2.48. The number of sulfonamides is 1. The van der Waals surface area contributed by atoms with Gasteiger partial charge in [-0.2, -0.15) is 4.31 Å². The highest BCUT2D eigenvalue weighted by Crippen LogP contribution is 2.28. The van der Waals surface area contributed by atoms with Crippen LogP contribution in [0.1, 0.15) is 45.7 Å². The van der Waals surface area contributed by atoms with Crippen molar-refractivity contribution in [2.24, 2.45) is 0 Å². The molecule has 1 aromatic carbocycles. The van der Waals surface area contributed by atoms with Crippen LogP contribution in [0.3, 0.4) is 0 Å². The second-order valence-electron chi connectivity index (χ2n) is 7.26. The highest BCUT2D eigenvalue weighted by atomic mass is 32.2. The Labute approximate surface area is 174 Å². The van der Waals surface area contributed by atoms with E-state index in [1.54, 1.807) is 34.5 Å². The maximum Gasteiger partial charge on any atom is 0.267 e. The van der Waals surface area contributed by atoms with Crippen molar-refractivity contribution in [1.82, 2.24) is 9.21 Å². The number of carbonyl (C=O) groups is 2. The topological polar surface area (TPSA) is 86.8 Å². The number of anilines is 1. The first-order valence-corrected chi connectivity index (χ1v) is 12.1. The van der Waals surface area contributed by atoms with E-state index in [0.29, 0.717) is 24.3 Å². The molecule has 0 spiro atoms. The number of amides is 2. The molecule has 0 bridgehead atoms. The lowest BCUT2D eigenvalue weighted by Gasteiger charge is -2.16. The fraction of sp³-hybridized carbons (Fsp3) is 0.400. The van der Waals surface area contributed by atoms with Crippen LogP contribution in [0.25, 0.3) is 0 Å². The standard InChI is InChI=1S/C20H23N3O4S2/c24-19(18-17(8-13-28-18)29(26,27)23-11-3-4-12-23)21-16-7-5-6-15(14-16)20(25)22-9-1-2-10-22/h5-8,13-14H,1-4,9-12H2,(H,21,24). The molecular weight excluding hydrogens is 410 g/mol. The van der Waals surface area contributed by atoms with Crippen molar-refractivity contribution in [3.05, 3.63) is 46.2 Å². The van der Waals surface area contributed by atoms with Gasteiger partial charge in [0, 0.05) is 37.4 Å². The Balaban J connectivity index is 1.53. The molecule has 0 atom stereocenters. The van der Waals surface area contributed by atoms with Crippen LogP contribution in [0.2, 0.25) is 0 Å². The zero-order valence-electron chi connectivity index (χ0n) is 16.0. The molecule has 29 heavy (non-hydrogen) atoms. The highest BCUT2D eigenvalue weighted by molar-refractivity contribution is 7.89. The number of likely N-dealkylation sites (tertiary alicyclic amines) is 1. The van der Waals surface area contributed by atoms with Gasteiger partial charge in [-0.15, -0.1) is 11.3 Å². The molecular formula is C20H23N3O4S2. The summed E-state index contributed by atoms with van der Waals surface area (Å²) in [5, 5.41) is 4.37. The molecule has 2 aromatic rings. The quantitative estimate of drug-likeness (QED) is 0.785. The van der Waals surface area contributed by atoms with E-state index in [1.807, 2.05) is 0 Å². The summed E-state index contributed by atoms with van der Waals surface area (Å²) in [7, 11) is -3.67. The zero-order valence-corrected chi connectivity index (χ0v) is 17.6. The molecule has 7 nitrogen and oxygen atoms in total. The van der Waals surface area contributed by atoms with Crippen LogP contribution < -0.4 is 5.32 Å². The Morgan fingerprint density at radius 2 is 1.66 bits per heavy atom. The van der Waals surface area contributed by atoms with Gasteiger partial charge in [0.25, 0.3) is 11.8 Å². The van der Waals surface area contributed by atoms with E-state index >= 15 is 0 Å². The monoisotopic (exact) mass is 433 g/mol. The minimum atomic E-state index is -3.67. The first-order chi connectivity index (χ1) is 14.0. The number of carbonyl (C=O) groups excluding carboxylic acids is 2. The van der Waals surface area contributed by atoms with E-state index in [1.165, 1.54) is 10.4 Å². The zero-order chi connectivity index (χ0) is 20.4. The molecule has 9 heteroatoms.